The van der Waals surface area contributed by atoms with Gasteiger partial charge in [0.2, 0.25) is 0 Å². The molecule has 0 saturated carbocycles. The minimum absolute atomic E-state index is 0.312. The average Bonchev–Trinajstić information content (AvgIpc) is 3.16. The van der Waals surface area contributed by atoms with Gasteiger partial charge in [0.1, 0.15) is 12.1 Å². The Kier molecular flexibility index (Phi) is 6.37. The van der Waals surface area contributed by atoms with Crippen LogP contribution in [0.25, 0.3) is 16.7 Å². The number of aryl methyl sites for hydroxylation is 5. The highest BCUT2D eigenvalue weighted by Gasteiger charge is 2.11. The third-order valence-electron chi connectivity index (χ3n) is 5.62. The van der Waals surface area contributed by atoms with E-state index in [1.54, 1.807) is 12.1 Å². The molecule has 8 heteroatoms. The van der Waals surface area contributed by atoms with E-state index in [0.29, 0.717) is 12.2 Å². The van der Waals surface area contributed by atoms with Gasteiger partial charge in [-0.1, -0.05) is 34.2 Å². The molecule has 0 fully saturated rings. The van der Waals surface area contributed by atoms with Crippen molar-refractivity contribution in [2.45, 2.75) is 33.6 Å². The molecule has 0 spiro atoms. The van der Waals surface area contributed by atoms with E-state index < -0.39 is 16.6 Å². The van der Waals surface area contributed by atoms with E-state index in [9.17, 15) is 13.2 Å². The van der Waals surface area contributed by atoms with Crippen molar-refractivity contribution < 1.29 is 17.9 Å². The lowest BCUT2D eigenvalue weighted by molar-refractivity contribution is 0.211. The summed E-state index contributed by atoms with van der Waals surface area (Å²) >= 11 is 0. The number of carbonyl (C=O) groups excluding carboxylic acids is 1. The Hall–Kier alpha value is -3.78. The zero-order chi connectivity index (χ0) is 23.5. The molecule has 7 nitrogen and oxygen atoms in total. The second-order valence-electron chi connectivity index (χ2n) is 7.99. The molecule has 1 aromatic heterocycles. The monoisotopic (exact) mass is 461 g/mol. The van der Waals surface area contributed by atoms with Crippen LogP contribution in [0.2, 0.25) is 0 Å². The number of hydrogen-bond donors (Lipinski definition) is 0. The lowest BCUT2D eigenvalue weighted by atomic mass is 10.0. The minimum Gasteiger partial charge on any atom is -0.408 e. The van der Waals surface area contributed by atoms with E-state index in [4.69, 9.17) is 4.74 Å². The first-order chi connectivity index (χ1) is 15.8. The summed E-state index contributed by atoms with van der Waals surface area (Å²) in [4.78, 5) is 16.2. The molecule has 168 valence electrons. The van der Waals surface area contributed by atoms with Gasteiger partial charge < -0.3 is 4.74 Å². The summed E-state index contributed by atoms with van der Waals surface area (Å²) in [5, 5.41) is 0. The van der Waals surface area contributed by atoms with Crippen LogP contribution in [-0.4, -0.2) is 24.1 Å². The molecule has 0 aliphatic carbocycles. The second kappa shape index (κ2) is 9.38. The number of nitrogens with zero attached hydrogens (tertiary/aromatic N) is 3. The summed E-state index contributed by atoms with van der Waals surface area (Å²) in [6.07, 6.45) is 2.03. The smallest absolute Gasteiger partial charge is 0.408 e. The van der Waals surface area contributed by atoms with Gasteiger partial charge in [-0.2, -0.15) is 8.42 Å². The maximum Gasteiger partial charge on any atom is 0.454 e. The van der Waals surface area contributed by atoms with Gasteiger partial charge in [0, 0.05) is 5.69 Å². The molecule has 0 aliphatic rings. The van der Waals surface area contributed by atoms with E-state index in [0.717, 1.165) is 39.8 Å². The van der Waals surface area contributed by atoms with E-state index in [1.165, 1.54) is 11.1 Å². The van der Waals surface area contributed by atoms with Gasteiger partial charge in [0.05, 0.1) is 11.0 Å². The summed E-state index contributed by atoms with van der Waals surface area (Å²) in [5.41, 5.74) is 8.47. The molecule has 0 N–H and O–H groups in total. The standard InChI is InChI=1S/C25H23N3O4S/c1-16-4-11-24(32-25(29)27-33(30)31)20(12-16)8-5-19-6-9-21(10-7-19)28-15-26-22-13-17(2)18(3)14-23(22)28/h4,6-7,9-15H,5,8H2,1-3H3. The molecule has 0 saturated heterocycles. The van der Waals surface area contributed by atoms with E-state index in [2.05, 4.69) is 64.2 Å². The predicted molar refractivity (Wildman–Crippen MR) is 127 cm³/mol. The van der Waals surface area contributed by atoms with Crippen molar-refractivity contribution in [3.05, 3.63) is 88.7 Å². The number of ether oxygens (including phenoxy) is 1. The van der Waals surface area contributed by atoms with Crippen LogP contribution in [0.4, 0.5) is 4.79 Å². The average molecular weight is 462 g/mol. The SMILES string of the molecule is Cc1ccc(OC(=O)N=S(=O)=O)c(CCc2ccc(-n3cnc4cc(C)c(C)cc43)cc2)c1. The quantitative estimate of drug-likeness (QED) is 0.402. The Morgan fingerprint density at radius 1 is 0.970 bits per heavy atom. The summed E-state index contributed by atoms with van der Waals surface area (Å²) in [7, 11) is -2.85. The Bertz CT molecular complexity index is 1480. The molecule has 4 rings (SSSR count). The van der Waals surface area contributed by atoms with Gasteiger partial charge in [-0.3, -0.25) is 4.57 Å². The highest BCUT2D eigenvalue weighted by molar-refractivity contribution is 7.62. The molecule has 0 atom stereocenters. The summed E-state index contributed by atoms with van der Waals surface area (Å²) in [5.74, 6) is 0.312. The fourth-order valence-corrected chi connectivity index (χ4v) is 3.91. The number of rotatable bonds is 5. The van der Waals surface area contributed by atoms with Gasteiger partial charge in [-0.05, 0) is 86.2 Å². The van der Waals surface area contributed by atoms with Crippen LogP contribution in [0.3, 0.4) is 0 Å². The lowest BCUT2D eigenvalue weighted by Crippen LogP contribution is -2.05. The highest BCUT2D eigenvalue weighted by Crippen LogP contribution is 2.24. The molecule has 0 radical (unpaired) electrons. The zero-order valence-corrected chi connectivity index (χ0v) is 19.4. The van der Waals surface area contributed by atoms with Gasteiger partial charge in [0.25, 0.3) is 0 Å². The van der Waals surface area contributed by atoms with Crippen LogP contribution in [-0.2, 0) is 23.3 Å². The largest absolute Gasteiger partial charge is 0.454 e. The molecular weight excluding hydrogens is 438 g/mol. The topological polar surface area (TPSA) is 90.6 Å². The predicted octanol–water partition coefficient (Wildman–Crippen LogP) is 5.30. The highest BCUT2D eigenvalue weighted by atomic mass is 32.2. The molecular formula is C25H23N3O4S. The third kappa shape index (κ3) is 5.18. The van der Waals surface area contributed by atoms with E-state index in [1.807, 2.05) is 19.3 Å². The number of fused-ring (bicyclic) bond motifs is 1. The van der Waals surface area contributed by atoms with Crippen LogP contribution in [0.15, 0.2) is 65.3 Å². The molecule has 0 aliphatic heterocycles. The number of carbonyl (C=O) groups is 1. The summed E-state index contributed by atoms with van der Waals surface area (Å²) in [6.45, 7) is 6.13. The van der Waals surface area contributed by atoms with Crippen molar-refractivity contribution in [2.75, 3.05) is 0 Å². The van der Waals surface area contributed by atoms with Crippen LogP contribution in [0, 0.1) is 20.8 Å². The van der Waals surface area contributed by atoms with Crippen molar-refractivity contribution >= 4 is 27.6 Å². The van der Waals surface area contributed by atoms with Crippen molar-refractivity contribution in [1.29, 1.82) is 0 Å². The molecule has 1 amide bonds. The van der Waals surface area contributed by atoms with Gasteiger partial charge in [-0.25, -0.2) is 9.78 Å². The zero-order valence-electron chi connectivity index (χ0n) is 18.6. The maximum absolute atomic E-state index is 11.6. The number of benzene rings is 3. The molecule has 4 aromatic rings. The Morgan fingerprint density at radius 2 is 1.70 bits per heavy atom. The Balaban J connectivity index is 1.52. The Labute approximate surface area is 193 Å². The molecule has 0 bridgehead atoms. The van der Waals surface area contributed by atoms with E-state index >= 15 is 0 Å². The van der Waals surface area contributed by atoms with Crippen molar-refractivity contribution in [3.8, 4) is 11.4 Å². The van der Waals surface area contributed by atoms with Gasteiger partial charge in [-0.15, -0.1) is 0 Å². The maximum atomic E-state index is 11.6. The molecule has 0 unspecified atom stereocenters. The fraction of sp³-hybridized carbons (Fsp3) is 0.200. The Morgan fingerprint density at radius 3 is 2.42 bits per heavy atom. The van der Waals surface area contributed by atoms with Crippen LogP contribution >= 0.6 is 0 Å². The molecule has 1 heterocycles. The second-order valence-corrected chi connectivity index (χ2v) is 8.61. The van der Waals surface area contributed by atoms with Crippen molar-refractivity contribution in [2.24, 2.45) is 4.36 Å². The van der Waals surface area contributed by atoms with Crippen molar-refractivity contribution in [3.63, 3.8) is 0 Å². The van der Waals surface area contributed by atoms with Crippen LogP contribution < -0.4 is 4.74 Å². The summed E-state index contributed by atoms with van der Waals surface area (Å²) < 4.78 is 31.2. The number of imidazole rings is 1. The van der Waals surface area contributed by atoms with Crippen molar-refractivity contribution in [1.82, 2.24) is 9.55 Å². The fourth-order valence-electron chi connectivity index (χ4n) is 3.75. The first-order valence-corrected chi connectivity index (χ1v) is 11.5. The summed E-state index contributed by atoms with van der Waals surface area (Å²) in [6, 6.07) is 17.9. The number of amides is 1. The van der Waals surface area contributed by atoms with Gasteiger partial charge in [0.15, 0.2) is 0 Å². The normalized spacial score (nSPS) is 10.9. The van der Waals surface area contributed by atoms with Crippen LogP contribution in [0.5, 0.6) is 5.75 Å². The minimum atomic E-state index is -2.85. The van der Waals surface area contributed by atoms with Crippen LogP contribution in [0.1, 0.15) is 27.8 Å². The molecule has 33 heavy (non-hydrogen) atoms. The molecule has 3 aromatic carbocycles. The first-order valence-electron chi connectivity index (χ1n) is 10.5. The third-order valence-corrected chi connectivity index (χ3v) is 5.92. The van der Waals surface area contributed by atoms with Gasteiger partial charge >= 0.3 is 16.6 Å². The number of aromatic nitrogens is 2. The van der Waals surface area contributed by atoms with E-state index in [-0.39, 0.29) is 0 Å². The number of hydrogen-bond acceptors (Lipinski definition) is 5. The first kappa shape index (κ1) is 22.4. The lowest BCUT2D eigenvalue weighted by Gasteiger charge is -2.10.